The predicted octanol–water partition coefficient (Wildman–Crippen LogP) is 8.44. The van der Waals surface area contributed by atoms with Crippen molar-refractivity contribution in [1.29, 1.82) is 0 Å². The molecule has 4 aromatic carbocycles. The van der Waals surface area contributed by atoms with Crippen LogP contribution >= 0.6 is 58.2 Å². The van der Waals surface area contributed by atoms with E-state index >= 15 is 0 Å². The Bertz CT molecular complexity index is 1590. The Morgan fingerprint density at radius 1 is 0.707 bits per heavy atom. The van der Waals surface area contributed by atoms with E-state index in [1.54, 1.807) is 91.0 Å². The first-order valence-corrected chi connectivity index (χ1v) is 14.5. The second-order valence-electron chi connectivity index (χ2n) is 8.52. The van der Waals surface area contributed by atoms with E-state index in [0.29, 0.717) is 42.6 Å². The fraction of sp³-hybridized carbons (Fsp3) is 0.0333. The van der Waals surface area contributed by atoms with Crippen molar-refractivity contribution in [2.45, 2.75) is 4.90 Å². The van der Waals surface area contributed by atoms with Gasteiger partial charge in [0.25, 0.3) is 11.8 Å². The van der Waals surface area contributed by atoms with E-state index in [1.165, 1.54) is 17.8 Å². The summed E-state index contributed by atoms with van der Waals surface area (Å²) in [4.78, 5) is 39.2. The van der Waals surface area contributed by atoms with Crippen molar-refractivity contribution in [3.8, 4) is 0 Å². The smallest absolute Gasteiger partial charge is 0.272 e. The van der Waals surface area contributed by atoms with E-state index < -0.39 is 11.8 Å². The molecule has 0 atom stereocenters. The third-order valence-corrected chi connectivity index (χ3v) is 7.43. The van der Waals surface area contributed by atoms with E-state index in [4.69, 9.17) is 46.4 Å². The van der Waals surface area contributed by atoms with Gasteiger partial charge in [0.1, 0.15) is 5.70 Å². The second kappa shape index (κ2) is 14.4. The Balaban J connectivity index is 1.42. The minimum atomic E-state index is -0.555. The van der Waals surface area contributed by atoms with E-state index in [9.17, 15) is 14.4 Å². The fourth-order valence-electron chi connectivity index (χ4n) is 3.52. The number of carbonyl (C=O) groups excluding carboxylic acids is 3. The molecule has 3 amide bonds. The molecule has 11 heteroatoms. The molecule has 208 valence electrons. The summed E-state index contributed by atoms with van der Waals surface area (Å²) in [5.41, 5.74) is 1.87. The number of benzene rings is 4. The molecule has 41 heavy (non-hydrogen) atoms. The van der Waals surface area contributed by atoms with Crippen molar-refractivity contribution in [3.05, 3.63) is 128 Å². The largest absolute Gasteiger partial charge is 0.325 e. The van der Waals surface area contributed by atoms with Crippen LogP contribution in [0.25, 0.3) is 6.08 Å². The van der Waals surface area contributed by atoms with Gasteiger partial charge in [-0.1, -0.05) is 70.7 Å². The molecule has 4 aromatic rings. The molecule has 0 unspecified atom stereocenters. The molecule has 0 heterocycles. The standard InChI is InChI=1S/C30H21Cl4N3O3S/c31-20-7-6-19(26(34)16-20)12-27(37-29(39)18-4-2-1-3-5-18)30(40)36-23-8-10-25(11-9-23)41-17-28(38)35-24-14-21(32)13-22(33)15-24/h1-16H,17H2,(H,35,38)(H,36,40)(H,37,39)/b27-12-. The van der Waals surface area contributed by atoms with Gasteiger partial charge < -0.3 is 16.0 Å². The summed E-state index contributed by atoms with van der Waals surface area (Å²) in [5.74, 6) is -1.09. The quantitative estimate of drug-likeness (QED) is 0.126. The zero-order chi connectivity index (χ0) is 29.4. The average Bonchev–Trinajstić information content (AvgIpc) is 2.93. The highest BCUT2D eigenvalue weighted by atomic mass is 35.5. The molecule has 0 spiro atoms. The highest BCUT2D eigenvalue weighted by molar-refractivity contribution is 8.00. The van der Waals surface area contributed by atoms with Crippen LogP contribution in [0.2, 0.25) is 20.1 Å². The highest BCUT2D eigenvalue weighted by Crippen LogP contribution is 2.25. The molecule has 4 rings (SSSR count). The van der Waals surface area contributed by atoms with Crippen LogP contribution in [-0.2, 0) is 9.59 Å². The number of halogens is 4. The van der Waals surface area contributed by atoms with Gasteiger partial charge in [0, 0.05) is 41.9 Å². The lowest BCUT2D eigenvalue weighted by Gasteiger charge is -2.12. The lowest BCUT2D eigenvalue weighted by atomic mass is 10.1. The maximum atomic E-state index is 13.2. The normalized spacial score (nSPS) is 11.1. The monoisotopic (exact) mass is 643 g/mol. The number of hydrogen-bond acceptors (Lipinski definition) is 4. The van der Waals surface area contributed by atoms with E-state index in [0.717, 1.165) is 4.90 Å². The molecular formula is C30H21Cl4N3O3S. The van der Waals surface area contributed by atoms with Crippen molar-refractivity contribution in [1.82, 2.24) is 5.32 Å². The van der Waals surface area contributed by atoms with Gasteiger partial charge in [0.2, 0.25) is 5.91 Å². The molecule has 0 saturated carbocycles. The molecule has 0 radical (unpaired) electrons. The number of hydrogen-bond donors (Lipinski definition) is 3. The van der Waals surface area contributed by atoms with Crippen LogP contribution in [0.15, 0.2) is 102 Å². The van der Waals surface area contributed by atoms with Crippen LogP contribution < -0.4 is 16.0 Å². The Hall–Kier alpha value is -3.46. The van der Waals surface area contributed by atoms with Crippen LogP contribution in [-0.4, -0.2) is 23.5 Å². The molecule has 0 saturated heterocycles. The summed E-state index contributed by atoms with van der Waals surface area (Å²) in [5, 5.41) is 9.81. The molecule has 3 N–H and O–H groups in total. The third kappa shape index (κ3) is 9.28. The fourth-order valence-corrected chi connectivity index (χ4v) is 5.21. The summed E-state index contributed by atoms with van der Waals surface area (Å²) < 4.78 is 0. The summed E-state index contributed by atoms with van der Waals surface area (Å²) in [6.07, 6.45) is 1.48. The molecule has 0 aliphatic rings. The maximum Gasteiger partial charge on any atom is 0.272 e. The number of anilines is 2. The Labute approximate surface area is 261 Å². The predicted molar refractivity (Wildman–Crippen MR) is 169 cm³/mol. The summed E-state index contributed by atoms with van der Waals surface area (Å²) >= 11 is 25.6. The number of amides is 3. The topological polar surface area (TPSA) is 87.3 Å². The number of carbonyl (C=O) groups is 3. The minimum Gasteiger partial charge on any atom is -0.325 e. The van der Waals surface area contributed by atoms with Gasteiger partial charge in [-0.25, -0.2) is 0 Å². The minimum absolute atomic E-state index is 0.0145. The molecule has 0 aliphatic heterocycles. The van der Waals surface area contributed by atoms with Crippen LogP contribution in [0.4, 0.5) is 11.4 Å². The number of thioether (sulfide) groups is 1. The molecule has 0 fully saturated rings. The van der Waals surface area contributed by atoms with E-state index in [2.05, 4.69) is 16.0 Å². The lowest BCUT2D eigenvalue weighted by molar-refractivity contribution is -0.114. The molecular weight excluding hydrogens is 624 g/mol. The first kappa shape index (κ1) is 30.5. The Morgan fingerprint density at radius 3 is 2.05 bits per heavy atom. The zero-order valence-corrected chi connectivity index (χ0v) is 24.9. The van der Waals surface area contributed by atoms with Gasteiger partial charge in [-0.2, -0.15) is 0 Å². The van der Waals surface area contributed by atoms with Gasteiger partial charge in [-0.15, -0.1) is 11.8 Å². The highest BCUT2D eigenvalue weighted by Gasteiger charge is 2.16. The number of rotatable bonds is 9. The van der Waals surface area contributed by atoms with E-state index in [-0.39, 0.29) is 17.4 Å². The van der Waals surface area contributed by atoms with Crippen molar-refractivity contribution in [2.24, 2.45) is 0 Å². The van der Waals surface area contributed by atoms with Crippen molar-refractivity contribution < 1.29 is 14.4 Å². The number of nitrogens with one attached hydrogen (secondary N) is 3. The second-order valence-corrected chi connectivity index (χ2v) is 11.3. The summed E-state index contributed by atoms with van der Waals surface area (Å²) in [7, 11) is 0. The lowest BCUT2D eigenvalue weighted by Crippen LogP contribution is -2.30. The molecule has 0 aromatic heterocycles. The van der Waals surface area contributed by atoms with Crippen LogP contribution in [0, 0.1) is 0 Å². The first-order chi connectivity index (χ1) is 19.7. The average molecular weight is 645 g/mol. The van der Waals surface area contributed by atoms with Crippen LogP contribution in [0.1, 0.15) is 15.9 Å². The summed E-state index contributed by atoms with van der Waals surface area (Å²) in [6, 6.07) is 25.1. The van der Waals surface area contributed by atoms with E-state index in [1.807, 2.05) is 0 Å². The zero-order valence-electron chi connectivity index (χ0n) is 21.1. The maximum absolute atomic E-state index is 13.2. The van der Waals surface area contributed by atoms with Gasteiger partial charge in [-0.3, -0.25) is 14.4 Å². The van der Waals surface area contributed by atoms with Crippen molar-refractivity contribution in [2.75, 3.05) is 16.4 Å². The van der Waals surface area contributed by atoms with Gasteiger partial charge in [0.15, 0.2) is 0 Å². The van der Waals surface area contributed by atoms with Crippen LogP contribution in [0.3, 0.4) is 0 Å². The molecule has 0 aliphatic carbocycles. The van der Waals surface area contributed by atoms with Gasteiger partial charge >= 0.3 is 0 Å². The first-order valence-electron chi connectivity index (χ1n) is 12.0. The van der Waals surface area contributed by atoms with Crippen LogP contribution in [0.5, 0.6) is 0 Å². The third-order valence-electron chi connectivity index (χ3n) is 5.42. The molecule has 0 bridgehead atoms. The SMILES string of the molecule is O=C(CSc1ccc(NC(=O)/C(=C/c2ccc(Cl)cc2Cl)NC(=O)c2ccccc2)cc1)Nc1cc(Cl)cc(Cl)c1. The Morgan fingerprint density at radius 2 is 1.39 bits per heavy atom. The van der Waals surface area contributed by atoms with Gasteiger partial charge in [-0.05, 0) is 78.4 Å². The Kier molecular flexibility index (Phi) is 10.7. The summed E-state index contributed by atoms with van der Waals surface area (Å²) in [6.45, 7) is 0. The van der Waals surface area contributed by atoms with Crippen molar-refractivity contribution in [3.63, 3.8) is 0 Å². The van der Waals surface area contributed by atoms with Gasteiger partial charge in [0.05, 0.1) is 5.75 Å². The van der Waals surface area contributed by atoms with Crippen molar-refractivity contribution >= 4 is 93.3 Å². The molecule has 6 nitrogen and oxygen atoms in total.